The van der Waals surface area contributed by atoms with Crippen LogP contribution in [0.4, 0.5) is 0 Å². The van der Waals surface area contributed by atoms with Crippen LogP contribution < -0.4 is 0 Å². The van der Waals surface area contributed by atoms with E-state index in [4.69, 9.17) is 29.9 Å². The molecule has 0 aliphatic heterocycles. The quantitative estimate of drug-likeness (QED) is 0.121. The van der Waals surface area contributed by atoms with Gasteiger partial charge in [-0.3, -0.25) is 19.5 Å². The van der Waals surface area contributed by atoms with E-state index in [1.54, 1.807) is 0 Å². The van der Waals surface area contributed by atoms with Gasteiger partial charge in [0.25, 0.3) is 0 Å². The standard InChI is InChI=1S/C44H28N6.C41H27N3.C39H25N3/c1-4-14-29(15-5-1)42-46-43(30-16-6-2-7-17-30)48-44(47-42)50-36-22-11-10-20-34(36)35-26-25-31(28-39(35)50)33-21-12-23-37-40(33)41-38(24-13-27-45-41)49(37)32-18-8-3-9-19-32;1-3-11-28(12-4-1)29-20-23-32(24-21-29)43-36-17-8-7-15-34(36)35-25-22-30(27-39(35)43)33-16-9-18-37-40(33)41-38(19-10-26-42-41)44(37)31-13-5-2-6-14-31;1-2-12-29(13-3-1)41-35-17-8-15-31(38(35)39-36(41)18-9-23-40-39)28-20-22-33-32-14-6-7-16-34(32)42(37(33)25-28)30-21-19-26-10-4-5-11-27(26)24-30/h1-28H;1-27H;1-25H. The lowest BCUT2D eigenvalue weighted by Crippen LogP contribution is -2.06. The molecule has 0 N–H and O–H groups in total. The summed E-state index contributed by atoms with van der Waals surface area (Å²) in [6.45, 7) is 0. The van der Waals surface area contributed by atoms with Crippen molar-refractivity contribution in [2.75, 3.05) is 0 Å². The molecular formula is C124H80N12. The molecule has 28 aromatic rings. The Morgan fingerprint density at radius 2 is 0.441 bits per heavy atom. The van der Waals surface area contributed by atoms with Crippen molar-refractivity contribution in [3.05, 3.63) is 486 Å². The van der Waals surface area contributed by atoms with Crippen LogP contribution in [0.5, 0.6) is 0 Å². The molecule has 12 nitrogen and oxygen atoms in total. The van der Waals surface area contributed by atoms with Crippen LogP contribution in [0.3, 0.4) is 0 Å². The van der Waals surface area contributed by atoms with E-state index in [0.29, 0.717) is 17.6 Å². The number of hydrogen-bond acceptors (Lipinski definition) is 6. The Morgan fingerprint density at radius 1 is 0.154 bits per heavy atom. The minimum absolute atomic E-state index is 0.571. The molecule has 0 unspecified atom stereocenters. The number of para-hydroxylation sites is 6. The van der Waals surface area contributed by atoms with Crippen molar-refractivity contribution < 1.29 is 0 Å². The monoisotopic (exact) mass is 1740 g/mol. The summed E-state index contributed by atoms with van der Waals surface area (Å²) in [6, 6.07) is 165. The van der Waals surface area contributed by atoms with E-state index in [9.17, 15) is 0 Å². The van der Waals surface area contributed by atoms with Gasteiger partial charge in [-0.2, -0.15) is 9.97 Å². The molecule has 0 bridgehead atoms. The summed E-state index contributed by atoms with van der Waals surface area (Å²) in [5.74, 6) is 1.82. The molecule has 28 rings (SSSR count). The molecule has 10 heterocycles. The number of fused-ring (bicyclic) bond motifs is 19. The third kappa shape index (κ3) is 13.2. The molecule has 136 heavy (non-hydrogen) atoms. The number of pyridine rings is 3. The zero-order valence-electron chi connectivity index (χ0n) is 73.6. The van der Waals surface area contributed by atoms with E-state index < -0.39 is 0 Å². The average molecular weight is 1740 g/mol. The van der Waals surface area contributed by atoms with Crippen molar-refractivity contribution in [1.29, 1.82) is 0 Å². The Balaban J connectivity index is 0.000000106. The van der Waals surface area contributed by atoms with Gasteiger partial charge in [0, 0.05) is 107 Å². The topological polar surface area (TPSA) is 107 Å². The largest absolute Gasteiger partial charge is 0.309 e. The van der Waals surface area contributed by atoms with Gasteiger partial charge in [0.15, 0.2) is 11.6 Å². The van der Waals surface area contributed by atoms with Crippen molar-refractivity contribution in [3.8, 4) is 102 Å². The predicted octanol–water partition coefficient (Wildman–Crippen LogP) is 31.2. The molecule has 0 spiro atoms. The first-order valence-electron chi connectivity index (χ1n) is 46.0. The van der Waals surface area contributed by atoms with Crippen LogP contribution in [0, 0.1) is 0 Å². The molecule has 0 aliphatic rings. The molecule has 0 atom stereocenters. The molecule has 636 valence electrons. The Morgan fingerprint density at radius 3 is 0.853 bits per heavy atom. The summed E-state index contributed by atoms with van der Waals surface area (Å²) in [6.07, 6.45) is 5.67. The van der Waals surface area contributed by atoms with Crippen molar-refractivity contribution in [2.24, 2.45) is 0 Å². The number of aromatic nitrogens is 12. The zero-order valence-corrected chi connectivity index (χ0v) is 73.6. The molecule has 0 saturated carbocycles. The lowest BCUT2D eigenvalue weighted by atomic mass is 9.99. The Kier molecular flexibility index (Phi) is 19.0. The van der Waals surface area contributed by atoms with Gasteiger partial charge >= 0.3 is 0 Å². The maximum absolute atomic E-state index is 5.13. The Bertz CT molecular complexity index is 9470. The second-order valence-corrected chi connectivity index (χ2v) is 34.4. The molecule has 0 fully saturated rings. The van der Waals surface area contributed by atoms with Gasteiger partial charge in [0.2, 0.25) is 5.95 Å². The van der Waals surface area contributed by atoms with Gasteiger partial charge in [0.1, 0.15) is 0 Å². The summed E-state index contributed by atoms with van der Waals surface area (Å²) < 4.78 is 13.9. The summed E-state index contributed by atoms with van der Waals surface area (Å²) in [5, 5.41) is 13.2. The fraction of sp³-hybridized carbons (Fsp3) is 0. The first-order valence-corrected chi connectivity index (χ1v) is 46.0. The van der Waals surface area contributed by atoms with Crippen LogP contribution in [0.25, 0.3) is 244 Å². The molecule has 0 amide bonds. The van der Waals surface area contributed by atoms with Crippen molar-refractivity contribution in [3.63, 3.8) is 0 Å². The van der Waals surface area contributed by atoms with Gasteiger partial charge in [-0.15, -0.1) is 0 Å². The summed E-state index contributed by atoms with van der Waals surface area (Å²) in [7, 11) is 0. The third-order valence-corrected chi connectivity index (χ3v) is 26.8. The maximum Gasteiger partial charge on any atom is 0.238 e. The van der Waals surface area contributed by atoms with E-state index in [1.165, 1.54) is 98.5 Å². The lowest BCUT2D eigenvalue weighted by Gasteiger charge is -2.12. The molecule has 0 saturated heterocycles. The van der Waals surface area contributed by atoms with Gasteiger partial charge in [0.05, 0.1) is 82.8 Å². The summed E-state index contributed by atoms with van der Waals surface area (Å²) in [5.41, 5.74) is 33.5. The predicted molar refractivity (Wildman–Crippen MR) is 562 cm³/mol. The van der Waals surface area contributed by atoms with Crippen LogP contribution >= 0.6 is 0 Å². The highest BCUT2D eigenvalue weighted by Gasteiger charge is 2.26. The van der Waals surface area contributed by atoms with Gasteiger partial charge in [-0.25, -0.2) is 4.98 Å². The smallest absolute Gasteiger partial charge is 0.238 e. The highest BCUT2D eigenvalue weighted by molar-refractivity contribution is 6.20. The lowest BCUT2D eigenvalue weighted by molar-refractivity contribution is 0.953. The van der Waals surface area contributed by atoms with Crippen LogP contribution in [0.2, 0.25) is 0 Å². The maximum atomic E-state index is 5.13. The molecular weight excluding hydrogens is 1660 g/mol. The molecule has 0 aliphatic carbocycles. The number of hydrogen-bond donors (Lipinski definition) is 0. The summed E-state index contributed by atoms with van der Waals surface area (Å²) >= 11 is 0. The highest BCUT2D eigenvalue weighted by atomic mass is 15.2. The third-order valence-electron chi connectivity index (χ3n) is 26.8. The van der Waals surface area contributed by atoms with Crippen LogP contribution in [0.15, 0.2) is 486 Å². The van der Waals surface area contributed by atoms with Crippen molar-refractivity contribution in [2.45, 2.75) is 0 Å². The number of nitrogens with zero attached hydrogens (tertiary/aromatic N) is 12. The van der Waals surface area contributed by atoms with Gasteiger partial charge in [-0.05, 0) is 207 Å². The Hall–Kier alpha value is -18.5. The van der Waals surface area contributed by atoms with Crippen molar-refractivity contribution >= 4 is 142 Å². The van der Waals surface area contributed by atoms with Crippen molar-refractivity contribution in [1.82, 2.24) is 57.3 Å². The Labute approximate surface area is 781 Å². The minimum atomic E-state index is 0.571. The zero-order chi connectivity index (χ0) is 89.7. The molecule has 18 aromatic carbocycles. The number of benzene rings is 18. The first-order chi connectivity index (χ1) is 67.5. The van der Waals surface area contributed by atoms with E-state index in [0.717, 1.165) is 128 Å². The number of rotatable bonds is 12. The van der Waals surface area contributed by atoms with Crippen LogP contribution in [-0.2, 0) is 0 Å². The normalized spacial score (nSPS) is 11.7. The minimum Gasteiger partial charge on any atom is -0.309 e. The molecule has 0 radical (unpaired) electrons. The highest BCUT2D eigenvalue weighted by Crippen LogP contribution is 2.47. The van der Waals surface area contributed by atoms with Crippen LogP contribution in [0.1, 0.15) is 0 Å². The van der Waals surface area contributed by atoms with E-state index in [2.05, 4.69) is 410 Å². The first kappa shape index (κ1) is 78.5. The van der Waals surface area contributed by atoms with Crippen LogP contribution in [-0.4, -0.2) is 57.3 Å². The average Bonchev–Trinajstić information content (AvgIpc) is 1.58. The van der Waals surface area contributed by atoms with Gasteiger partial charge < -0.3 is 22.8 Å². The van der Waals surface area contributed by atoms with E-state index >= 15 is 0 Å². The molecule has 12 heteroatoms. The SMILES string of the molecule is c1ccc(-c2ccc(-n3c4ccccc4c4ccc(-c5cccc6c5c5ncccc5n6-c5ccccc5)cc43)cc2)cc1.c1ccc(-c2nc(-c3ccccc3)nc(-n3c4ccccc4c4ccc(-c5cccc6c5c5ncccc5n6-c5ccccc5)cc43)n2)cc1.c1ccc(-n2c3cccnc3c3c(-c4ccc5c6ccccc6n(-c6ccc7ccccc7c6)c5c4)cccc32)cc1. The van der Waals surface area contributed by atoms with E-state index in [1.807, 2.05) is 104 Å². The molecule has 10 aromatic heterocycles. The summed E-state index contributed by atoms with van der Waals surface area (Å²) in [4.78, 5) is 30.0. The van der Waals surface area contributed by atoms with Gasteiger partial charge in [-0.1, -0.05) is 315 Å². The fourth-order valence-corrected chi connectivity index (χ4v) is 20.7. The second-order valence-electron chi connectivity index (χ2n) is 34.4. The second kappa shape index (κ2) is 32.8. The van der Waals surface area contributed by atoms with E-state index in [-0.39, 0.29) is 0 Å². The fourth-order valence-electron chi connectivity index (χ4n) is 20.7.